The molecule has 0 aliphatic heterocycles. The van der Waals surface area contributed by atoms with Crippen LogP contribution in [0.4, 0.5) is 4.79 Å². The second kappa shape index (κ2) is 11.1. The molecule has 0 aromatic heterocycles. The monoisotopic (exact) mass is 528 g/mol. The Labute approximate surface area is 211 Å². The summed E-state index contributed by atoms with van der Waals surface area (Å²) in [5.74, 6) is -3.68. The van der Waals surface area contributed by atoms with Crippen molar-refractivity contribution < 1.29 is 37.4 Å². The summed E-state index contributed by atoms with van der Waals surface area (Å²) in [6.45, 7) is 10.4. The van der Waals surface area contributed by atoms with E-state index in [1.807, 2.05) is 0 Å². The van der Waals surface area contributed by atoms with Crippen LogP contribution in [0, 0.1) is 6.92 Å². The van der Waals surface area contributed by atoms with Crippen LogP contribution in [0.15, 0.2) is 34.2 Å². The summed E-state index contributed by atoms with van der Waals surface area (Å²) in [6.07, 6.45) is -2.44. The van der Waals surface area contributed by atoms with E-state index in [0.29, 0.717) is 5.56 Å². The molecule has 1 amide bonds. The summed E-state index contributed by atoms with van der Waals surface area (Å²) in [5.41, 5.74) is 5.88. The van der Waals surface area contributed by atoms with Gasteiger partial charge in [0.05, 0.1) is 4.90 Å². The lowest BCUT2D eigenvalue weighted by molar-refractivity contribution is -0.176. The zero-order valence-corrected chi connectivity index (χ0v) is 22.5. The highest BCUT2D eigenvalue weighted by molar-refractivity contribution is 7.89. The fourth-order valence-electron chi connectivity index (χ4n) is 3.05. The van der Waals surface area contributed by atoms with Gasteiger partial charge in [-0.3, -0.25) is 4.99 Å². The van der Waals surface area contributed by atoms with Crippen LogP contribution in [0.2, 0.25) is 0 Å². The molecule has 1 aromatic rings. The molecular formula is C23H36N4O8S. The van der Waals surface area contributed by atoms with Crippen LogP contribution in [-0.2, 0) is 29.1 Å². The fraction of sp³-hybridized carbons (Fsp3) is 0.565. The van der Waals surface area contributed by atoms with Gasteiger partial charge in [-0.1, -0.05) is 17.7 Å². The summed E-state index contributed by atoms with van der Waals surface area (Å²) in [6, 6.07) is 5.33. The molecule has 0 unspecified atom stereocenters. The zero-order chi connectivity index (χ0) is 28.1. The van der Waals surface area contributed by atoms with Crippen LogP contribution in [-0.4, -0.2) is 65.1 Å². The zero-order valence-electron chi connectivity index (χ0n) is 21.7. The highest BCUT2D eigenvalue weighted by atomic mass is 32.2. The van der Waals surface area contributed by atoms with Crippen molar-refractivity contribution >= 4 is 34.0 Å². The number of benzene rings is 1. The van der Waals surface area contributed by atoms with E-state index in [-0.39, 0.29) is 23.2 Å². The number of carboxylic acid groups (broad SMARTS) is 1. The Morgan fingerprint density at radius 1 is 0.972 bits per heavy atom. The topological polar surface area (TPSA) is 192 Å². The van der Waals surface area contributed by atoms with Crippen molar-refractivity contribution in [1.82, 2.24) is 4.31 Å². The molecule has 0 fully saturated rings. The Balaban J connectivity index is 3.95. The number of carboxylic acids is 1. The minimum absolute atomic E-state index is 0.0398. The third-order valence-corrected chi connectivity index (χ3v) is 6.36. The van der Waals surface area contributed by atoms with E-state index in [9.17, 15) is 27.9 Å². The van der Waals surface area contributed by atoms with E-state index in [2.05, 4.69) is 4.99 Å². The van der Waals surface area contributed by atoms with Crippen molar-refractivity contribution in [3.05, 3.63) is 29.8 Å². The quantitative estimate of drug-likeness (QED) is 0.141. The molecule has 0 aliphatic carbocycles. The molecule has 13 heteroatoms. The lowest BCUT2D eigenvalue weighted by Gasteiger charge is -2.39. The first-order chi connectivity index (χ1) is 16.2. The number of hydrogen-bond donors (Lipinski definition) is 3. The Morgan fingerprint density at radius 2 is 1.47 bits per heavy atom. The maximum absolute atomic E-state index is 13.8. The number of sulfonamides is 1. The molecule has 12 nitrogen and oxygen atoms in total. The van der Waals surface area contributed by atoms with Crippen molar-refractivity contribution in [3.8, 4) is 0 Å². The van der Waals surface area contributed by atoms with Gasteiger partial charge in [-0.25, -0.2) is 22.8 Å². The molecule has 36 heavy (non-hydrogen) atoms. The summed E-state index contributed by atoms with van der Waals surface area (Å²) < 4.78 is 38.2. The average molecular weight is 529 g/mol. The fourth-order valence-corrected chi connectivity index (χ4v) is 4.63. The molecule has 0 spiro atoms. The van der Waals surface area contributed by atoms with Gasteiger partial charge in [0.1, 0.15) is 11.2 Å². The number of carbonyl (C=O) groups excluding carboxylic acids is 2. The van der Waals surface area contributed by atoms with E-state index in [1.165, 1.54) is 65.8 Å². The third kappa shape index (κ3) is 7.83. The number of aliphatic carboxylic acids is 1. The number of aliphatic imine (C=N–C) groups is 1. The Kier molecular flexibility index (Phi) is 9.50. The van der Waals surface area contributed by atoms with Crippen LogP contribution in [0.1, 0.15) is 59.9 Å². The molecule has 1 rings (SSSR count). The largest absolute Gasteiger partial charge is 0.479 e. The SMILES string of the molecule is Cc1ccc(S(=O)(=O)N(C(=O)OC(C)(C)C)[C@@](CCCN=C(N)N)(C(=O)O)C(=O)OC(C)(C)C)cc1. The minimum Gasteiger partial charge on any atom is -0.479 e. The first-order valence-corrected chi connectivity index (χ1v) is 12.6. The van der Waals surface area contributed by atoms with Crippen molar-refractivity contribution in [2.75, 3.05) is 6.54 Å². The number of esters is 1. The van der Waals surface area contributed by atoms with Crippen molar-refractivity contribution in [1.29, 1.82) is 0 Å². The van der Waals surface area contributed by atoms with Crippen molar-refractivity contribution in [2.45, 2.75) is 82.9 Å². The molecule has 5 N–H and O–H groups in total. The summed E-state index contributed by atoms with van der Waals surface area (Å²) in [4.78, 5) is 43.0. The van der Waals surface area contributed by atoms with E-state index < -0.39 is 56.1 Å². The molecule has 0 heterocycles. The number of nitrogens with zero attached hydrogens (tertiary/aromatic N) is 2. The molecule has 0 saturated heterocycles. The number of aryl methyl sites for hydroxylation is 1. The molecule has 0 bridgehead atoms. The van der Waals surface area contributed by atoms with E-state index in [1.54, 1.807) is 6.92 Å². The first kappa shape index (κ1) is 30.7. The van der Waals surface area contributed by atoms with Gasteiger partial charge in [0.15, 0.2) is 5.96 Å². The Bertz CT molecular complexity index is 1100. The number of rotatable bonds is 9. The minimum atomic E-state index is -4.95. The number of ether oxygens (including phenoxy) is 2. The highest BCUT2D eigenvalue weighted by Crippen LogP contribution is 2.34. The summed E-state index contributed by atoms with van der Waals surface area (Å²) >= 11 is 0. The van der Waals surface area contributed by atoms with Gasteiger partial charge in [0.2, 0.25) is 0 Å². The normalized spacial score (nSPS) is 13.8. The molecular weight excluding hydrogens is 492 g/mol. The second-order valence-corrected chi connectivity index (χ2v) is 11.9. The van der Waals surface area contributed by atoms with Gasteiger partial charge >= 0.3 is 18.0 Å². The van der Waals surface area contributed by atoms with Crippen LogP contribution < -0.4 is 11.5 Å². The smallest absolute Gasteiger partial charge is 0.426 e. The van der Waals surface area contributed by atoms with Gasteiger partial charge in [-0.05, 0) is 73.4 Å². The number of hydrogen-bond acceptors (Lipinski definition) is 8. The molecule has 0 aliphatic rings. The standard InChI is InChI=1S/C23H36N4O8S/c1-15-9-11-16(12-10-15)36(32,33)27(20(31)35-22(5,6)7)23(17(28)29,13-8-14-26-19(24)25)18(30)34-21(2,3)4/h9-12H,8,13-14H2,1-7H3,(H,28,29)(H4,24,25,26)/t23-/m0/s1. The Hall–Kier alpha value is -3.35. The maximum atomic E-state index is 13.8. The average Bonchev–Trinajstić information content (AvgIpc) is 2.67. The van der Waals surface area contributed by atoms with E-state index >= 15 is 0 Å². The predicted octanol–water partition coefficient (Wildman–Crippen LogP) is 2.14. The number of guanidine groups is 1. The molecule has 1 aromatic carbocycles. The lowest BCUT2D eigenvalue weighted by Crippen LogP contribution is -2.65. The molecule has 202 valence electrons. The van der Waals surface area contributed by atoms with Gasteiger partial charge in [-0.2, -0.15) is 4.31 Å². The lowest BCUT2D eigenvalue weighted by atomic mass is 9.93. The Morgan fingerprint density at radius 3 is 1.89 bits per heavy atom. The molecule has 0 saturated carbocycles. The summed E-state index contributed by atoms with van der Waals surface area (Å²) in [7, 11) is -4.95. The van der Waals surface area contributed by atoms with Crippen LogP contribution >= 0.6 is 0 Å². The first-order valence-electron chi connectivity index (χ1n) is 11.1. The molecule has 0 radical (unpaired) electrons. The second-order valence-electron chi connectivity index (χ2n) is 10.1. The van der Waals surface area contributed by atoms with Gasteiger partial charge in [0, 0.05) is 6.54 Å². The number of carbonyl (C=O) groups is 3. The van der Waals surface area contributed by atoms with Gasteiger partial charge in [-0.15, -0.1) is 0 Å². The number of amides is 1. The van der Waals surface area contributed by atoms with E-state index in [4.69, 9.17) is 20.9 Å². The third-order valence-electron chi connectivity index (χ3n) is 4.55. The summed E-state index contributed by atoms with van der Waals surface area (Å²) in [5, 5.41) is 10.4. The number of nitrogens with two attached hydrogens (primary N) is 2. The van der Waals surface area contributed by atoms with Crippen molar-refractivity contribution in [3.63, 3.8) is 0 Å². The predicted molar refractivity (Wildman–Crippen MR) is 133 cm³/mol. The van der Waals surface area contributed by atoms with Crippen LogP contribution in [0.25, 0.3) is 0 Å². The maximum Gasteiger partial charge on any atom is 0.426 e. The van der Waals surface area contributed by atoms with Gasteiger partial charge < -0.3 is 26.0 Å². The van der Waals surface area contributed by atoms with Gasteiger partial charge in [0.25, 0.3) is 15.6 Å². The van der Waals surface area contributed by atoms with E-state index in [0.717, 1.165) is 0 Å². The van der Waals surface area contributed by atoms with Crippen molar-refractivity contribution in [2.24, 2.45) is 16.5 Å². The molecule has 1 atom stereocenters. The van der Waals surface area contributed by atoms with Crippen LogP contribution in [0.5, 0.6) is 0 Å². The highest BCUT2D eigenvalue weighted by Gasteiger charge is 2.61. The van der Waals surface area contributed by atoms with Crippen LogP contribution in [0.3, 0.4) is 0 Å².